The van der Waals surface area contributed by atoms with Gasteiger partial charge in [0.1, 0.15) is 0 Å². The molecule has 1 aromatic heterocycles. The predicted octanol–water partition coefficient (Wildman–Crippen LogP) is 2.68. The van der Waals surface area contributed by atoms with Crippen molar-refractivity contribution in [2.75, 3.05) is 12.3 Å². The highest BCUT2D eigenvalue weighted by molar-refractivity contribution is 5.93. The van der Waals surface area contributed by atoms with E-state index in [2.05, 4.69) is 9.97 Å². The minimum Gasteiger partial charge on any atom is -0.368 e. The lowest BCUT2D eigenvalue weighted by molar-refractivity contribution is -0.142. The molecule has 28 heavy (non-hydrogen) atoms. The Balaban J connectivity index is 1.72. The van der Waals surface area contributed by atoms with Gasteiger partial charge < -0.3 is 16.4 Å². The van der Waals surface area contributed by atoms with Gasteiger partial charge in [-0.15, -0.1) is 0 Å². The summed E-state index contributed by atoms with van der Waals surface area (Å²) in [5.74, 6) is 0.125. The molecule has 0 bridgehead atoms. The first-order valence-corrected chi connectivity index (χ1v) is 9.87. The number of rotatable bonds is 4. The van der Waals surface area contributed by atoms with Gasteiger partial charge in [-0.25, -0.2) is 9.97 Å². The van der Waals surface area contributed by atoms with Crippen LogP contribution in [0.5, 0.6) is 0 Å². The number of nitrogens with two attached hydrogens (primary N) is 2. The van der Waals surface area contributed by atoms with Crippen LogP contribution >= 0.6 is 0 Å². The third-order valence-corrected chi connectivity index (χ3v) is 5.87. The van der Waals surface area contributed by atoms with Crippen LogP contribution in [0.25, 0.3) is 11.1 Å². The van der Waals surface area contributed by atoms with Gasteiger partial charge in [-0.1, -0.05) is 18.6 Å². The second kappa shape index (κ2) is 7.58. The summed E-state index contributed by atoms with van der Waals surface area (Å²) in [6.07, 6.45) is 7.72. The van der Waals surface area contributed by atoms with Crippen LogP contribution in [0.3, 0.4) is 0 Å². The maximum absolute atomic E-state index is 13.0. The third kappa shape index (κ3) is 3.44. The number of nitrogen functional groups attached to an aromatic ring is 1. The Labute approximate surface area is 164 Å². The van der Waals surface area contributed by atoms with Gasteiger partial charge in [0.05, 0.1) is 11.7 Å². The molecule has 2 amide bonds. The van der Waals surface area contributed by atoms with Gasteiger partial charge in [0.25, 0.3) is 0 Å². The molecule has 1 saturated carbocycles. The molecule has 4 N–H and O–H groups in total. The number of benzene rings is 1. The predicted molar refractivity (Wildman–Crippen MR) is 106 cm³/mol. The highest BCUT2D eigenvalue weighted by atomic mass is 16.2. The number of aromatic nitrogens is 2. The van der Waals surface area contributed by atoms with Crippen LogP contribution in [0.2, 0.25) is 0 Å². The summed E-state index contributed by atoms with van der Waals surface area (Å²) in [7, 11) is 0. The summed E-state index contributed by atoms with van der Waals surface area (Å²) in [5.41, 5.74) is 14.2. The number of nitrogens with zero attached hydrogens (tertiary/aromatic N) is 3. The maximum atomic E-state index is 13.0. The van der Waals surface area contributed by atoms with Crippen LogP contribution in [-0.4, -0.2) is 33.2 Å². The average molecular weight is 379 g/mol. The first-order valence-electron chi connectivity index (χ1n) is 9.87. The Morgan fingerprint density at radius 3 is 2.43 bits per heavy atom. The van der Waals surface area contributed by atoms with E-state index >= 15 is 0 Å². The third-order valence-electron chi connectivity index (χ3n) is 5.87. The van der Waals surface area contributed by atoms with Crippen molar-refractivity contribution in [1.29, 1.82) is 0 Å². The molecular weight excluding hydrogens is 354 g/mol. The lowest BCUT2D eigenvalue weighted by atomic mass is 9.83. The largest absolute Gasteiger partial charge is 0.368 e. The lowest BCUT2D eigenvalue weighted by Crippen LogP contribution is -2.44. The summed E-state index contributed by atoms with van der Waals surface area (Å²) in [4.78, 5) is 35.1. The monoisotopic (exact) mass is 379 g/mol. The molecule has 1 aromatic carbocycles. The molecule has 0 spiro atoms. The number of likely N-dealkylation sites (tertiary alicyclic amines) is 1. The van der Waals surface area contributed by atoms with E-state index in [1.807, 2.05) is 17.0 Å². The quantitative estimate of drug-likeness (QED) is 0.847. The van der Waals surface area contributed by atoms with Gasteiger partial charge in [-0.3, -0.25) is 9.59 Å². The summed E-state index contributed by atoms with van der Waals surface area (Å²) in [5, 5.41) is 0. The molecule has 2 aromatic rings. The molecular formula is C21H25N5O2. The molecule has 146 valence electrons. The lowest BCUT2D eigenvalue weighted by Gasteiger charge is -2.40. The molecule has 2 heterocycles. The van der Waals surface area contributed by atoms with Crippen LogP contribution in [0, 0.1) is 5.92 Å². The topological polar surface area (TPSA) is 115 Å². The van der Waals surface area contributed by atoms with E-state index in [4.69, 9.17) is 11.5 Å². The first-order chi connectivity index (χ1) is 13.5. The normalized spacial score (nSPS) is 19.9. The van der Waals surface area contributed by atoms with Crippen LogP contribution in [0.4, 0.5) is 5.95 Å². The Hall–Kier alpha value is -2.96. The molecule has 4 rings (SSSR count). The smallest absolute Gasteiger partial charge is 0.248 e. The number of amides is 2. The molecule has 1 atom stereocenters. The molecule has 2 fully saturated rings. The summed E-state index contributed by atoms with van der Waals surface area (Å²) >= 11 is 0. The Bertz CT molecular complexity index is 892. The second-order valence-corrected chi connectivity index (χ2v) is 7.64. The zero-order valence-electron chi connectivity index (χ0n) is 15.8. The van der Waals surface area contributed by atoms with Crippen LogP contribution in [-0.2, 0) is 4.79 Å². The van der Waals surface area contributed by atoms with Crippen molar-refractivity contribution in [1.82, 2.24) is 14.9 Å². The van der Waals surface area contributed by atoms with Crippen molar-refractivity contribution >= 4 is 17.8 Å². The zero-order chi connectivity index (χ0) is 19.7. The summed E-state index contributed by atoms with van der Waals surface area (Å²) < 4.78 is 0. The fourth-order valence-corrected chi connectivity index (χ4v) is 4.07. The van der Waals surface area contributed by atoms with Crippen LogP contribution < -0.4 is 11.5 Å². The van der Waals surface area contributed by atoms with Gasteiger partial charge in [-0.05, 0) is 49.8 Å². The second-order valence-electron chi connectivity index (χ2n) is 7.64. The molecule has 1 saturated heterocycles. The van der Waals surface area contributed by atoms with E-state index in [-0.39, 0.29) is 23.8 Å². The van der Waals surface area contributed by atoms with Crippen molar-refractivity contribution in [2.45, 2.75) is 44.6 Å². The number of hydrogen-bond donors (Lipinski definition) is 2. The van der Waals surface area contributed by atoms with E-state index in [9.17, 15) is 9.59 Å². The number of hydrogen-bond acceptors (Lipinski definition) is 5. The van der Waals surface area contributed by atoms with E-state index in [0.29, 0.717) is 5.56 Å². The molecule has 0 radical (unpaired) electrons. The molecule has 7 nitrogen and oxygen atoms in total. The molecule has 7 heteroatoms. The van der Waals surface area contributed by atoms with Crippen molar-refractivity contribution in [3.8, 4) is 11.1 Å². The van der Waals surface area contributed by atoms with E-state index < -0.39 is 5.91 Å². The summed E-state index contributed by atoms with van der Waals surface area (Å²) in [6, 6.07) is 6.95. The average Bonchev–Trinajstić information content (AvgIpc) is 2.66. The van der Waals surface area contributed by atoms with E-state index in [0.717, 1.165) is 61.9 Å². The molecule has 2 aliphatic rings. The Morgan fingerprint density at radius 2 is 1.79 bits per heavy atom. The van der Waals surface area contributed by atoms with Crippen LogP contribution in [0.15, 0.2) is 30.5 Å². The van der Waals surface area contributed by atoms with Crippen molar-refractivity contribution < 1.29 is 9.59 Å². The van der Waals surface area contributed by atoms with Gasteiger partial charge in [0.2, 0.25) is 17.8 Å². The SMILES string of the molecule is NC(=O)c1ccc(-c2cnc(N)nc2C2CCCCN2C(=O)C2CCC2)cc1. The highest BCUT2D eigenvalue weighted by Crippen LogP contribution is 2.39. The highest BCUT2D eigenvalue weighted by Gasteiger charge is 2.36. The van der Waals surface area contributed by atoms with Gasteiger partial charge in [0.15, 0.2) is 0 Å². The van der Waals surface area contributed by atoms with Gasteiger partial charge in [0, 0.05) is 29.8 Å². The van der Waals surface area contributed by atoms with Crippen LogP contribution in [0.1, 0.15) is 60.6 Å². The maximum Gasteiger partial charge on any atom is 0.248 e. The van der Waals surface area contributed by atoms with E-state index in [1.165, 1.54) is 0 Å². The van der Waals surface area contributed by atoms with Crippen molar-refractivity contribution in [2.24, 2.45) is 11.7 Å². The minimum absolute atomic E-state index is 0.0991. The van der Waals surface area contributed by atoms with Crippen molar-refractivity contribution in [3.05, 3.63) is 41.7 Å². The molecule has 1 aliphatic heterocycles. The number of primary amides is 1. The van der Waals surface area contributed by atoms with Crippen molar-refractivity contribution in [3.63, 3.8) is 0 Å². The standard InChI is InChI=1S/C21H25N5O2/c22-19(27)14-9-7-13(8-10-14)16-12-24-21(23)25-18(16)17-6-1-2-11-26(17)20(28)15-4-3-5-15/h7-10,12,15,17H,1-6,11H2,(H2,22,27)(H2,23,24,25). The van der Waals surface area contributed by atoms with E-state index in [1.54, 1.807) is 18.3 Å². The van der Waals surface area contributed by atoms with Gasteiger partial charge in [-0.2, -0.15) is 0 Å². The molecule has 1 aliphatic carbocycles. The Kier molecular flexibility index (Phi) is 4.98. The zero-order valence-corrected chi connectivity index (χ0v) is 15.8. The number of carbonyl (C=O) groups is 2. The fraction of sp³-hybridized carbons (Fsp3) is 0.429. The first kappa shape index (κ1) is 18.4. The number of piperidine rings is 1. The fourth-order valence-electron chi connectivity index (χ4n) is 4.07. The molecule has 1 unspecified atom stereocenters. The summed E-state index contributed by atoms with van der Waals surface area (Å²) in [6.45, 7) is 0.754. The van der Waals surface area contributed by atoms with Gasteiger partial charge >= 0.3 is 0 Å². The number of anilines is 1. The number of carbonyl (C=O) groups excluding carboxylic acids is 2. The Morgan fingerprint density at radius 1 is 1.04 bits per heavy atom. The minimum atomic E-state index is -0.468.